The lowest BCUT2D eigenvalue weighted by Crippen LogP contribution is -1.97. The predicted octanol–water partition coefficient (Wildman–Crippen LogP) is 2.09. The molecule has 0 unspecified atom stereocenters. The lowest BCUT2D eigenvalue weighted by Gasteiger charge is -2.02. The third-order valence-electron chi connectivity index (χ3n) is 2.09. The normalized spacial score (nSPS) is 12.2. The summed E-state index contributed by atoms with van der Waals surface area (Å²) >= 11 is 0. The molecule has 4 heteroatoms. The zero-order chi connectivity index (χ0) is 11.4. The van der Waals surface area contributed by atoms with E-state index in [0.717, 1.165) is 5.69 Å². The minimum Gasteiger partial charge on any atom is -0.508 e. The molecule has 0 aliphatic carbocycles. The molecule has 1 atom stereocenters. The SMILES string of the molecule is O=[S@@](Cc1ccccn1)c1cccc(O)c1. The molecule has 16 heavy (non-hydrogen) atoms. The number of pyridine rings is 1. The van der Waals surface area contributed by atoms with Crippen LogP contribution in [0.25, 0.3) is 0 Å². The van der Waals surface area contributed by atoms with Crippen LogP contribution < -0.4 is 0 Å². The molecule has 1 aromatic carbocycles. The maximum Gasteiger partial charge on any atom is 0.116 e. The predicted molar refractivity (Wildman–Crippen MR) is 62.5 cm³/mol. The van der Waals surface area contributed by atoms with Gasteiger partial charge in [-0.05, 0) is 30.3 Å². The molecule has 1 aromatic heterocycles. The van der Waals surface area contributed by atoms with Gasteiger partial charge in [-0.15, -0.1) is 0 Å². The van der Waals surface area contributed by atoms with Crippen molar-refractivity contribution in [3.63, 3.8) is 0 Å². The van der Waals surface area contributed by atoms with Crippen molar-refractivity contribution in [2.45, 2.75) is 10.6 Å². The zero-order valence-corrected chi connectivity index (χ0v) is 9.35. The first-order valence-electron chi connectivity index (χ1n) is 4.83. The molecule has 2 aromatic rings. The lowest BCUT2D eigenvalue weighted by molar-refractivity contribution is 0.473. The first-order chi connectivity index (χ1) is 7.75. The highest BCUT2D eigenvalue weighted by Crippen LogP contribution is 2.16. The second-order valence-corrected chi connectivity index (χ2v) is 4.76. The second-order valence-electron chi connectivity index (χ2n) is 3.31. The van der Waals surface area contributed by atoms with Crippen LogP contribution in [0.2, 0.25) is 0 Å². The smallest absolute Gasteiger partial charge is 0.116 e. The third-order valence-corrected chi connectivity index (χ3v) is 3.42. The minimum atomic E-state index is -1.17. The second kappa shape index (κ2) is 4.90. The van der Waals surface area contributed by atoms with E-state index >= 15 is 0 Å². The van der Waals surface area contributed by atoms with E-state index in [4.69, 9.17) is 0 Å². The summed E-state index contributed by atoms with van der Waals surface area (Å²) in [5.41, 5.74) is 0.782. The quantitative estimate of drug-likeness (QED) is 0.883. The molecule has 0 saturated heterocycles. The number of phenolic OH excluding ortho intramolecular Hbond substituents is 1. The van der Waals surface area contributed by atoms with Crippen molar-refractivity contribution in [3.8, 4) is 5.75 Å². The van der Waals surface area contributed by atoms with Gasteiger partial charge in [-0.3, -0.25) is 9.19 Å². The average molecular weight is 233 g/mol. The number of aromatic nitrogens is 1. The summed E-state index contributed by atoms with van der Waals surface area (Å²) in [5.74, 6) is 0.497. The van der Waals surface area contributed by atoms with Crippen LogP contribution in [-0.2, 0) is 16.6 Å². The van der Waals surface area contributed by atoms with Crippen molar-refractivity contribution in [2.24, 2.45) is 0 Å². The van der Waals surface area contributed by atoms with E-state index < -0.39 is 10.8 Å². The maximum atomic E-state index is 11.9. The number of hydrogen-bond donors (Lipinski definition) is 1. The van der Waals surface area contributed by atoms with Crippen LogP contribution in [0.1, 0.15) is 5.69 Å². The molecule has 0 radical (unpaired) electrons. The summed E-state index contributed by atoms with van der Waals surface area (Å²) in [6, 6.07) is 12.0. The Bertz CT molecular complexity index is 499. The Kier molecular flexibility index (Phi) is 3.31. The highest BCUT2D eigenvalue weighted by molar-refractivity contribution is 7.84. The molecule has 0 aliphatic rings. The van der Waals surface area contributed by atoms with Crippen molar-refractivity contribution in [1.29, 1.82) is 0 Å². The number of nitrogens with zero attached hydrogens (tertiary/aromatic N) is 1. The molecular weight excluding hydrogens is 222 g/mol. The standard InChI is InChI=1S/C12H11NO2S/c14-11-5-3-6-12(8-11)16(15)9-10-4-1-2-7-13-10/h1-8,14H,9H2/t16-/m0/s1. The van der Waals surface area contributed by atoms with Crippen molar-refractivity contribution >= 4 is 10.8 Å². The van der Waals surface area contributed by atoms with Crippen LogP contribution in [0.4, 0.5) is 0 Å². The summed E-state index contributed by atoms with van der Waals surface area (Å²) in [6.07, 6.45) is 1.68. The van der Waals surface area contributed by atoms with Gasteiger partial charge in [-0.25, -0.2) is 0 Å². The topological polar surface area (TPSA) is 50.2 Å². The number of benzene rings is 1. The lowest BCUT2D eigenvalue weighted by atomic mass is 10.3. The van der Waals surface area contributed by atoms with Crippen LogP contribution in [0, 0.1) is 0 Å². The van der Waals surface area contributed by atoms with Crippen molar-refractivity contribution < 1.29 is 9.32 Å². The highest BCUT2D eigenvalue weighted by atomic mass is 32.2. The Morgan fingerprint density at radius 3 is 2.75 bits per heavy atom. The van der Waals surface area contributed by atoms with E-state index in [1.807, 2.05) is 18.2 Å². The van der Waals surface area contributed by atoms with Crippen LogP contribution in [-0.4, -0.2) is 14.3 Å². The summed E-state index contributed by atoms with van der Waals surface area (Å²) in [5, 5.41) is 9.28. The minimum absolute atomic E-state index is 0.131. The van der Waals surface area contributed by atoms with Gasteiger partial charge in [0.1, 0.15) is 5.75 Å². The number of phenols is 1. The molecule has 0 bridgehead atoms. The van der Waals surface area contributed by atoms with Gasteiger partial charge in [-0.1, -0.05) is 12.1 Å². The molecule has 3 nitrogen and oxygen atoms in total. The number of hydrogen-bond acceptors (Lipinski definition) is 3. The van der Waals surface area contributed by atoms with Gasteiger partial charge in [0, 0.05) is 11.1 Å². The Morgan fingerprint density at radius 1 is 1.19 bits per heavy atom. The van der Waals surface area contributed by atoms with E-state index in [0.29, 0.717) is 10.6 Å². The first-order valence-corrected chi connectivity index (χ1v) is 6.15. The van der Waals surface area contributed by atoms with E-state index in [1.165, 1.54) is 6.07 Å². The third kappa shape index (κ3) is 2.67. The van der Waals surface area contributed by atoms with Gasteiger partial charge in [0.15, 0.2) is 0 Å². The molecule has 0 spiro atoms. The number of rotatable bonds is 3. The Morgan fingerprint density at radius 2 is 2.06 bits per heavy atom. The van der Waals surface area contributed by atoms with E-state index in [1.54, 1.807) is 24.4 Å². The monoisotopic (exact) mass is 233 g/mol. The van der Waals surface area contributed by atoms with E-state index in [2.05, 4.69) is 4.98 Å². The molecule has 1 N–H and O–H groups in total. The van der Waals surface area contributed by atoms with Gasteiger partial charge < -0.3 is 5.11 Å². The fraction of sp³-hybridized carbons (Fsp3) is 0.0833. The van der Waals surface area contributed by atoms with Gasteiger partial charge in [0.25, 0.3) is 0 Å². The molecule has 0 amide bonds. The van der Waals surface area contributed by atoms with Crippen LogP contribution in [0.3, 0.4) is 0 Å². The van der Waals surface area contributed by atoms with Crippen molar-refractivity contribution in [2.75, 3.05) is 0 Å². The largest absolute Gasteiger partial charge is 0.508 e. The van der Waals surface area contributed by atoms with Gasteiger partial charge in [-0.2, -0.15) is 0 Å². The summed E-state index contributed by atoms with van der Waals surface area (Å²) in [7, 11) is -1.17. The summed E-state index contributed by atoms with van der Waals surface area (Å²) in [6.45, 7) is 0. The molecule has 0 aliphatic heterocycles. The Hall–Kier alpha value is -1.68. The van der Waals surface area contributed by atoms with Crippen LogP contribution >= 0.6 is 0 Å². The molecule has 0 saturated carbocycles. The van der Waals surface area contributed by atoms with Crippen LogP contribution in [0.15, 0.2) is 53.6 Å². The molecule has 1 heterocycles. The first kappa shape index (κ1) is 10.8. The van der Waals surface area contributed by atoms with Crippen molar-refractivity contribution in [1.82, 2.24) is 4.98 Å². The summed E-state index contributed by atoms with van der Waals surface area (Å²) in [4.78, 5) is 4.73. The summed E-state index contributed by atoms with van der Waals surface area (Å²) < 4.78 is 11.9. The highest BCUT2D eigenvalue weighted by Gasteiger charge is 2.06. The van der Waals surface area contributed by atoms with Gasteiger partial charge in [0.2, 0.25) is 0 Å². The fourth-order valence-corrected chi connectivity index (χ4v) is 2.41. The van der Waals surface area contributed by atoms with Gasteiger partial charge in [0.05, 0.1) is 22.2 Å². The van der Waals surface area contributed by atoms with Crippen LogP contribution in [0.5, 0.6) is 5.75 Å². The fourth-order valence-electron chi connectivity index (χ4n) is 1.33. The zero-order valence-electron chi connectivity index (χ0n) is 8.54. The Balaban J connectivity index is 2.15. The molecular formula is C12H11NO2S. The Labute approximate surface area is 96.2 Å². The average Bonchev–Trinajstić information content (AvgIpc) is 2.30. The molecule has 82 valence electrons. The molecule has 0 fully saturated rings. The maximum absolute atomic E-state index is 11.9. The van der Waals surface area contributed by atoms with E-state index in [-0.39, 0.29) is 5.75 Å². The number of aromatic hydroxyl groups is 1. The van der Waals surface area contributed by atoms with Crippen molar-refractivity contribution in [3.05, 3.63) is 54.4 Å². The molecule has 2 rings (SSSR count). The van der Waals surface area contributed by atoms with E-state index in [9.17, 15) is 9.32 Å². The van der Waals surface area contributed by atoms with Gasteiger partial charge >= 0.3 is 0 Å².